The summed E-state index contributed by atoms with van der Waals surface area (Å²) >= 11 is 0. The molecule has 1 atom stereocenters. The molecule has 5 nitrogen and oxygen atoms in total. The van der Waals surface area contributed by atoms with Crippen molar-refractivity contribution in [3.63, 3.8) is 0 Å². The van der Waals surface area contributed by atoms with Crippen LogP contribution in [-0.2, 0) is 16.6 Å². The van der Waals surface area contributed by atoms with E-state index in [1.165, 1.54) is 5.56 Å². The van der Waals surface area contributed by atoms with Crippen molar-refractivity contribution in [2.24, 2.45) is 0 Å². The Kier molecular flexibility index (Phi) is 4.08. The molecule has 1 saturated heterocycles. The van der Waals surface area contributed by atoms with Crippen molar-refractivity contribution in [2.45, 2.75) is 45.1 Å². The van der Waals surface area contributed by atoms with Gasteiger partial charge in [0.25, 0.3) is 0 Å². The lowest BCUT2D eigenvalue weighted by Gasteiger charge is -2.32. The van der Waals surface area contributed by atoms with E-state index in [2.05, 4.69) is 10.0 Å². The Morgan fingerprint density at radius 3 is 2.95 bits per heavy atom. The predicted molar refractivity (Wildman–Crippen MR) is 85.8 cm³/mol. The summed E-state index contributed by atoms with van der Waals surface area (Å²) in [6.07, 6.45) is 5.08. The van der Waals surface area contributed by atoms with Gasteiger partial charge in [-0.2, -0.15) is 12.7 Å². The van der Waals surface area contributed by atoms with Crippen molar-refractivity contribution >= 4 is 21.6 Å². The van der Waals surface area contributed by atoms with E-state index >= 15 is 0 Å². The normalized spacial score (nSPS) is 23.2. The monoisotopic (exact) mass is 309 g/mol. The van der Waals surface area contributed by atoms with E-state index in [9.17, 15) is 8.42 Å². The molecular weight excluding hydrogens is 286 g/mol. The molecule has 1 aromatic rings. The molecular formula is C15H23N3O2S. The summed E-state index contributed by atoms with van der Waals surface area (Å²) in [5.41, 5.74) is 2.97. The van der Waals surface area contributed by atoms with Crippen LogP contribution in [0.25, 0.3) is 0 Å². The molecule has 1 unspecified atom stereocenters. The third-order valence-electron chi connectivity index (χ3n) is 4.34. The van der Waals surface area contributed by atoms with Gasteiger partial charge in [-0.3, -0.25) is 4.72 Å². The zero-order chi connectivity index (χ0) is 14.9. The van der Waals surface area contributed by atoms with Crippen LogP contribution in [0.2, 0.25) is 0 Å². The average molecular weight is 309 g/mol. The van der Waals surface area contributed by atoms with E-state index in [1.807, 2.05) is 25.1 Å². The molecule has 0 aliphatic carbocycles. The number of nitrogens with zero attached hydrogens (tertiary/aromatic N) is 1. The van der Waals surface area contributed by atoms with E-state index in [-0.39, 0.29) is 6.04 Å². The maximum Gasteiger partial charge on any atom is 0.301 e. The highest BCUT2D eigenvalue weighted by atomic mass is 32.2. The van der Waals surface area contributed by atoms with Crippen molar-refractivity contribution in [1.29, 1.82) is 0 Å². The molecule has 6 heteroatoms. The minimum atomic E-state index is -3.45. The average Bonchev–Trinajstić information content (AvgIpc) is 2.47. The summed E-state index contributed by atoms with van der Waals surface area (Å²) in [5, 5.41) is 3.34. The number of rotatable bonds is 3. The van der Waals surface area contributed by atoms with Crippen LogP contribution in [0.1, 0.15) is 38.2 Å². The Morgan fingerprint density at radius 2 is 2.14 bits per heavy atom. The van der Waals surface area contributed by atoms with Crippen molar-refractivity contribution in [3.8, 4) is 0 Å². The lowest BCUT2D eigenvalue weighted by Crippen LogP contribution is -2.44. The highest BCUT2D eigenvalue weighted by molar-refractivity contribution is 7.90. The molecule has 2 N–H and O–H groups in total. The summed E-state index contributed by atoms with van der Waals surface area (Å²) in [5.74, 6) is 0. The molecule has 1 aromatic carbocycles. The van der Waals surface area contributed by atoms with Gasteiger partial charge in [-0.15, -0.1) is 0 Å². The zero-order valence-electron chi connectivity index (χ0n) is 12.4. The second-order valence-corrected chi connectivity index (χ2v) is 7.59. The van der Waals surface area contributed by atoms with Crippen LogP contribution in [0.5, 0.6) is 0 Å². The van der Waals surface area contributed by atoms with E-state index in [1.54, 1.807) is 4.31 Å². The number of anilines is 2. The van der Waals surface area contributed by atoms with Crippen LogP contribution in [0.4, 0.5) is 11.4 Å². The molecule has 0 saturated carbocycles. The summed E-state index contributed by atoms with van der Waals surface area (Å²) in [7, 11) is -3.45. The van der Waals surface area contributed by atoms with Crippen LogP contribution in [-0.4, -0.2) is 31.9 Å². The maximum absolute atomic E-state index is 12.5. The van der Waals surface area contributed by atoms with Gasteiger partial charge in [0, 0.05) is 24.8 Å². The van der Waals surface area contributed by atoms with Gasteiger partial charge < -0.3 is 5.32 Å². The van der Waals surface area contributed by atoms with Gasteiger partial charge in [0.05, 0.1) is 5.69 Å². The van der Waals surface area contributed by atoms with Gasteiger partial charge >= 0.3 is 10.2 Å². The largest absolute Gasteiger partial charge is 0.385 e. The molecule has 0 amide bonds. The van der Waals surface area contributed by atoms with Gasteiger partial charge in [0.2, 0.25) is 0 Å². The molecule has 3 rings (SSSR count). The number of benzene rings is 1. The topological polar surface area (TPSA) is 61.4 Å². The Balaban J connectivity index is 1.78. The third kappa shape index (κ3) is 3.16. The maximum atomic E-state index is 12.5. The molecule has 2 aliphatic heterocycles. The first kappa shape index (κ1) is 14.7. The Bertz CT molecular complexity index is 615. The van der Waals surface area contributed by atoms with Gasteiger partial charge in [0.15, 0.2) is 0 Å². The Hall–Kier alpha value is -1.27. The van der Waals surface area contributed by atoms with Crippen molar-refractivity contribution in [3.05, 3.63) is 23.8 Å². The first-order chi connectivity index (χ1) is 10.1. The molecule has 2 aliphatic rings. The standard InChI is InChI=1S/C15H23N3O2S/c1-12-5-2-3-10-18(12)21(19,20)17-14-7-8-15-13(11-14)6-4-9-16-15/h7-8,11-12,16-17H,2-6,9-10H2,1H3. The van der Waals surface area contributed by atoms with Crippen LogP contribution >= 0.6 is 0 Å². The summed E-state index contributed by atoms with van der Waals surface area (Å²) in [6.45, 7) is 3.58. The minimum Gasteiger partial charge on any atom is -0.385 e. The van der Waals surface area contributed by atoms with Gasteiger partial charge in [-0.05, 0) is 56.4 Å². The Morgan fingerprint density at radius 1 is 1.29 bits per heavy atom. The highest BCUT2D eigenvalue weighted by Crippen LogP contribution is 2.27. The van der Waals surface area contributed by atoms with Crippen molar-refractivity contribution < 1.29 is 8.42 Å². The smallest absolute Gasteiger partial charge is 0.301 e. The summed E-state index contributed by atoms with van der Waals surface area (Å²) in [6, 6.07) is 5.83. The molecule has 0 spiro atoms. The first-order valence-electron chi connectivity index (χ1n) is 7.73. The second-order valence-electron chi connectivity index (χ2n) is 5.96. The molecule has 116 valence electrons. The minimum absolute atomic E-state index is 0.0792. The lowest BCUT2D eigenvalue weighted by molar-refractivity contribution is 0.270. The van der Waals surface area contributed by atoms with Gasteiger partial charge in [-0.25, -0.2) is 0 Å². The van der Waals surface area contributed by atoms with E-state index in [0.29, 0.717) is 12.2 Å². The zero-order valence-corrected chi connectivity index (χ0v) is 13.2. The highest BCUT2D eigenvalue weighted by Gasteiger charge is 2.29. The second kappa shape index (κ2) is 5.85. The Labute approximate surface area is 126 Å². The molecule has 0 radical (unpaired) electrons. The number of hydrogen-bond donors (Lipinski definition) is 2. The number of fused-ring (bicyclic) bond motifs is 1. The first-order valence-corrected chi connectivity index (χ1v) is 9.17. The number of aryl methyl sites for hydroxylation is 1. The number of hydrogen-bond acceptors (Lipinski definition) is 3. The van der Waals surface area contributed by atoms with Gasteiger partial charge in [-0.1, -0.05) is 6.42 Å². The fourth-order valence-electron chi connectivity index (χ4n) is 3.17. The summed E-state index contributed by atoms with van der Waals surface area (Å²) < 4.78 is 29.4. The number of nitrogens with one attached hydrogen (secondary N) is 2. The molecule has 1 fully saturated rings. The molecule has 2 heterocycles. The van der Waals surface area contributed by atoms with E-state index in [4.69, 9.17) is 0 Å². The van der Waals surface area contributed by atoms with Crippen LogP contribution in [0.3, 0.4) is 0 Å². The SMILES string of the molecule is CC1CCCCN1S(=O)(=O)Nc1ccc2c(c1)CCCN2. The molecule has 0 aromatic heterocycles. The van der Waals surface area contributed by atoms with Gasteiger partial charge in [0.1, 0.15) is 0 Å². The van der Waals surface area contributed by atoms with Crippen molar-refractivity contribution in [1.82, 2.24) is 4.31 Å². The fraction of sp³-hybridized carbons (Fsp3) is 0.600. The van der Waals surface area contributed by atoms with Crippen LogP contribution in [0, 0.1) is 0 Å². The lowest BCUT2D eigenvalue weighted by atomic mass is 10.0. The quantitative estimate of drug-likeness (QED) is 0.902. The molecule has 0 bridgehead atoms. The van der Waals surface area contributed by atoms with E-state index < -0.39 is 10.2 Å². The van der Waals surface area contributed by atoms with Crippen LogP contribution in [0.15, 0.2) is 18.2 Å². The fourth-order valence-corrected chi connectivity index (χ4v) is 4.67. The van der Waals surface area contributed by atoms with Crippen molar-refractivity contribution in [2.75, 3.05) is 23.1 Å². The number of piperidine rings is 1. The molecule has 21 heavy (non-hydrogen) atoms. The predicted octanol–water partition coefficient (Wildman–Crippen LogP) is 2.58. The third-order valence-corrected chi connectivity index (χ3v) is 5.99. The van der Waals surface area contributed by atoms with E-state index in [0.717, 1.165) is 44.3 Å². The van der Waals surface area contributed by atoms with Crippen LogP contribution < -0.4 is 10.0 Å². The summed E-state index contributed by atoms with van der Waals surface area (Å²) in [4.78, 5) is 0.